The first-order valence-electron chi connectivity index (χ1n) is 10.0. The summed E-state index contributed by atoms with van der Waals surface area (Å²) in [5.74, 6) is -0.778. The van der Waals surface area contributed by atoms with Gasteiger partial charge in [-0.2, -0.15) is 0 Å². The van der Waals surface area contributed by atoms with Crippen molar-refractivity contribution in [2.75, 3.05) is 32.2 Å². The van der Waals surface area contributed by atoms with E-state index in [0.29, 0.717) is 25.2 Å². The lowest BCUT2D eigenvalue weighted by Gasteiger charge is -2.39. The summed E-state index contributed by atoms with van der Waals surface area (Å²) in [5, 5.41) is 14.1. The van der Waals surface area contributed by atoms with Gasteiger partial charge in [-0.3, -0.25) is 10.1 Å². The first-order valence-corrected chi connectivity index (χ1v) is 10.0. The molecule has 10 heteroatoms. The third-order valence-electron chi connectivity index (χ3n) is 5.33. The lowest BCUT2D eigenvalue weighted by atomic mass is 10.0. The number of nitrogens with one attached hydrogen (secondary N) is 1. The zero-order chi connectivity index (χ0) is 23.1. The van der Waals surface area contributed by atoms with Gasteiger partial charge in [0.15, 0.2) is 0 Å². The van der Waals surface area contributed by atoms with E-state index in [9.17, 15) is 19.7 Å². The van der Waals surface area contributed by atoms with Crippen molar-refractivity contribution in [3.63, 3.8) is 0 Å². The molecule has 2 aromatic carbocycles. The van der Waals surface area contributed by atoms with Crippen LogP contribution in [-0.2, 0) is 20.8 Å². The van der Waals surface area contributed by atoms with E-state index >= 15 is 0 Å². The molecule has 0 spiro atoms. The molecule has 170 valence electrons. The quantitative estimate of drug-likeness (QED) is 0.394. The molecule has 1 amide bonds. The molecule has 2 unspecified atom stereocenters. The summed E-state index contributed by atoms with van der Waals surface area (Å²) in [5.41, 5.74) is 1.08. The van der Waals surface area contributed by atoms with Crippen LogP contribution in [0.2, 0.25) is 0 Å². The highest BCUT2D eigenvalue weighted by atomic mass is 16.6. The molecule has 1 heterocycles. The Morgan fingerprint density at radius 3 is 2.59 bits per heavy atom. The number of benzene rings is 2. The number of methoxy groups -OCH3 is 2. The number of ether oxygens (including phenoxy) is 3. The van der Waals surface area contributed by atoms with Gasteiger partial charge in [0.1, 0.15) is 12.2 Å². The maximum atomic E-state index is 12.2. The van der Waals surface area contributed by atoms with Gasteiger partial charge >= 0.3 is 12.1 Å². The maximum absolute atomic E-state index is 12.2. The predicted octanol–water partition coefficient (Wildman–Crippen LogP) is 2.90. The van der Waals surface area contributed by atoms with Gasteiger partial charge in [0.2, 0.25) is 0 Å². The van der Waals surface area contributed by atoms with Crippen molar-refractivity contribution in [3.05, 3.63) is 69.8 Å². The van der Waals surface area contributed by atoms with Crippen LogP contribution in [0.4, 0.5) is 16.2 Å². The highest BCUT2D eigenvalue weighted by Gasteiger charge is 2.32. The largest absolute Gasteiger partial charge is 0.465 e. The number of nitro groups is 1. The number of hydrogen-bond donors (Lipinski definition) is 1. The van der Waals surface area contributed by atoms with E-state index in [2.05, 4.69) is 10.1 Å². The van der Waals surface area contributed by atoms with Crippen molar-refractivity contribution in [3.8, 4) is 0 Å². The SMILES string of the molecule is COC(=O)c1cc(N2CCC(NC(=O)OCc3ccccc3)C(OC)C2)ccc1[N+](=O)[O-]. The molecule has 1 fully saturated rings. The van der Waals surface area contributed by atoms with E-state index in [-0.39, 0.29) is 30.0 Å². The van der Waals surface area contributed by atoms with Gasteiger partial charge in [0.05, 0.1) is 24.2 Å². The summed E-state index contributed by atoms with van der Waals surface area (Å²) < 4.78 is 15.5. The van der Waals surface area contributed by atoms with Crippen LogP contribution < -0.4 is 10.2 Å². The second-order valence-corrected chi connectivity index (χ2v) is 7.27. The monoisotopic (exact) mass is 443 g/mol. The molecule has 0 aromatic heterocycles. The van der Waals surface area contributed by atoms with Crippen LogP contribution in [-0.4, -0.2) is 56.4 Å². The first-order chi connectivity index (χ1) is 15.4. The second-order valence-electron chi connectivity index (χ2n) is 7.27. The number of esters is 1. The fourth-order valence-electron chi connectivity index (χ4n) is 3.62. The number of nitro benzene ring substituents is 1. The number of alkyl carbamates (subject to hydrolysis) is 1. The van der Waals surface area contributed by atoms with Crippen molar-refractivity contribution in [2.45, 2.75) is 25.2 Å². The summed E-state index contributed by atoms with van der Waals surface area (Å²) in [6, 6.07) is 13.4. The molecule has 0 saturated carbocycles. The van der Waals surface area contributed by atoms with Crippen molar-refractivity contribution >= 4 is 23.4 Å². The Morgan fingerprint density at radius 2 is 1.94 bits per heavy atom. The minimum Gasteiger partial charge on any atom is -0.465 e. The number of amides is 1. The van der Waals surface area contributed by atoms with Crippen LogP contribution in [0.5, 0.6) is 0 Å². The minimum atomic E-state index is -0.778. The lowest BCUT2D eigenvalue weighted by Crippen LogP contribution is -2.55. The molecule has 2 atom stereocenters. The molecule has 1 N–H and O–H groups in total. The number of rotatable bonds is 7. The number of piperidine rings is 1. The summed E-state index contributed by atoms with van der Waals surface area (Å²) in [6.45, 7) is 1.13. The van der Waals surface area contributed by atoms with E-state index in [0.717, 1.165) is 5.56 Å². The van der Waals surface area contributed by atoms with Crippen molar-refractivity contribution < 1.29 is 28.7 Å². The van der Waals surface area contributed by atoms with Crippen LogP contribution in [0.3, 0.4) is 0 Å². The Labute approximate surface area is 185 Å². The third kappa shape index (κ3) is 5.52. The molecule has 0 bridgehead atoms. The summed E-state index contributed by atoms with van der Waals surface area (Å²) in [7, 11) is 2.72. The topological polar surface area (TPSA) is 120 Å². The molecular formula is C22H25N3O7. The van der Waals surface area contributed by atoms with E-state index in [1.165, 1.54) is 19.2 Å². The minimum absolute atomic E-state index is 0.117. The average molecular weight is 443 g/mol. The Hall–Kier alpha value is -3.66. The van der Waals surface area contributed by atoms with Crippen LogP contribution >= 0.6 is 0 Å². The molecule has 1 aliphatic heterocycles. The van der Waals surface area contributed by atoms with Crippen molar-refractivity contribution in [1.29, 1.82) is 0 Å². The molecule has 0 aliphatic carbocycles. The molecule has 10 nitrogen and oxygen atoms in total. The summed E-state index contributed by atoms with van der Waals surface area (Å²) >= 11 is 0. The molecule has 3 rings (SSSR count). The highest BCUT2D eigenvalue weighted by Crippen LogP contribution is 2.28. The Balaban J connectivity index is 1.64. The van der Waals surface area contributed by atoms with Gasteiger partial charge in [-0.1, -0.05) is 30.3 Å². The fourth-order valence-corrected chi connectivity index (χ4v) is 3.62. The van der Waals surface area contributed by atoms with Gasteiger partial charge in [0.25, 0.3) is 5.69 Å². The molecule has 2 aromatic rings. The molecule has 0 radical (unpaired) electrons. The number of carbonyl (C=O) groups excluding carboxylic acids is 2. The highest BCUT2D eigenvalue weighted by molar-refractivity contribution is 5.95. The van der Waals surface area contributed by atoms with Gasteiger partial charge in [-0.15, -0.1) is 0 Å². The number of nitrogens with zero attached hydrogens (tertiary/aromatic N) is 2. The standard InChI is InChI=1S/C22H25N3O7/c1-30-20-13-24(16-8-9-19(25(28)29)17(12-16)21(26)31-2)11-10-18(20)23-22(27)32-14-15-6-4-3-5-7-15/h3-9,12,18,20H,10-11,13-14H2,1-2H3,(H,23,27). The third-order valence-corrected chi connectivity index (χ3v) is 5.33. The maximum Gasteiger partial charge on any atom is 0.407 e. The van der Waals surface area contributed by atoms with Gasteiger partial charge in [-0.25, -0.2) is 9.59 Å². The van der Waals surface area contributed by atoms with Crippen molar-refractivity contribution in [2.24, 2.45) is 0 Å². The zero-order valence-corrected chi connectivity index (χ0v) is 17.9. The normalized spacial score (nSPS) is 18.0. The second kappa shape index (κ2) is 10.6. The van der Waals surface area contributed by atoms with Gasteiger partial charge < -0.3 is 24.4 Å². The van der Waals surface area contributed by atoms with Gasteiger partial charge in [-0.05, 0) is 24.1 Å². The Kier molecular flexibility index (Phi) is 7.61. The Morgan fingerprint density at radius 1 is 1.19 bits per heavy atom. The van der Waals surface area contributed by atoms with Gasteiger partial charge in [0, 0.05) is 32.0 Å². The first kappa shape index (κ1) is 23.0. The van der Waals surface area contributed by atoms with E-state index in [4.69, 9.17) is 9.47 Å². The molecule has 1 aliphatic rings. The summed E-state index contributed by atoms with van der Waals surface area (Å²) in [6.07, 6.45) is -0.314. The van der Waals surface area contributed by atoms with E-state index in [1.54, 1.807) is 13.2 Å². The van der Waals surface area contributed by atoms with Crippen LogP contribution in [0.15, 0.2) is 48.5 Å². The number of hydrogen-bond acceptors (Lipinski definition) is 8. The van der Waals surface area contributed by atoms with E-state index < -0.39 is 17.0 Å². The Bertz CT molecular complexity index is 967. The van der Waals surface area contributed by atoms with Crippen LogP contribution in [0, 0.1) is 10.1 Å². The molecule has 32 heavy (non-hydrogen) atoms. The smallest absolute Gasteiger partial charge is 0.407 e. The van der Waals surface area contributed by atoms with E-state index in [1.807, 2.05) is 35.2 Å². The average Bonchev–Trinajstić information content (AvgIpc) is 2.82. The fraction of sp³-hybridized carbons (Fsp3) is 0.364. The van der Waals surface area contributed by atoms with Crippen LogP contribution in [0.1, 0.15) is 22.3 Å². The molecule has 1 saturated heterocycles. The lowest BCUT2D eigenvalue weighted by molar-refractivity contribution is -0.385. The molecular weight excluding hydrogens is 418 g/mol. The zero-order valence-electron chi connectivity index (χ0n) is 17.9. The number of anilines is 1. The predicted molar refractivity (Wildman–Crippen MR) is 116 cm³/mol. The van der Waals surface area contributed by atoms with Crippen molar-refractivity contribution in [1.82, 2.24) is 5.32 Å². The number of carbonyl (C=O) groups is 2. The summed E-state index contributed by atoms with van der Waals surface area (Å²) in [4.78, 5) is 36.8. The van der Waals surface area contributed by atoms with Crippen LogP contribution in [0.25, 0.3) is 0 Å².